The van der Waals surface area contributed by atoms with Gasteiger partial charge in [0.15, 0.2) is 5.78 Å². The molecule has 2 atom stereocenters. The van der Waals surface area contributed by atoms with E-state index in [9.17, 15) is 9.59 Å². The second kappa shape index (κ2) is 4.91. The van der Waals surface area contributed by atoms with Crippen LogP contribution in [0.5, 0.6) is 0 Å². The van der Waals surface area contributed by atoms with Gasteiger partial charge in [-0.15, -0.1) is 0 Å². The molecule has 2 N–H and O–H groups in total. The maximum absolute atomic E-state index is 13.1. The van der Waals surface area contributed by atoms with Gasteiger partial charge in [0.05, 0.1) is 5.69 Å². The van der Waals surface area contributed by atoms with Crippen molar-refractivity contribution in [3.63, 3.8) is 0 Å². The number of nitrogens with one attached hydrogen (secondary N) is 2. The lowest BCUT2D eigenvalue weighted by atomic mass is 9.64. The van der Waals surface area contributed by atoms with Gasteiger partial charge in [0.25, 0.3) is 0 Å². The minimum absolute atomic E-state index is 0.140. The Morgan fingerprint density at radius 3 is 2.39 bits per heavy atom. The molecule has 5 nitrogen and oxygen atoms in total. The van der Waals surface area contributed by atoms with Crippen molar-refractivity contribution >= 4 is 23.1 Å². The third-order valence-corrected chi connectivity index (χ3v) is 6.26. The largest absolute Gasteiger partial charge is 0.358 e. The summed E-state index contributed by atoms with van der Waals surface area (Å²) in [6, 6.07) is 9.52. The number of rotatable bonds is 3. The van der Waals surface area contributed by atoms with Crippen LogP contribution >= 0.6 is 0 Å². The molecule has 1 aromatic carbocycles. The van der Waals surface area contributed by atoms with Gasteiger partial charge in [0.1, 0.15) is 11.1 Å². The van der Waals surface area contributed by atoms with Crippen LogP contribution in [0, 0.1) is 16.2 Å². The third kappa shape index (κ3) is 1.76. The molecule has 0 spiro atoms. The lowest BCUT2D eigenvalue weighted by Gasteiger charge is -2.37. The number of carbonyl (C=O) groups excluding carboxylic acids is 2. The van der Waals surface area contributed by atoms with Gasteiger partial charge in [0.2, 0.25) is 5.91 Å². The first-order valence-electron chi connectivity index (χ1n) is 7.97. The molecular weight excluding hydrogens is 290 g/mol. The van der Waals surface area contributed by atoms with Crippen molar-refractivity contribution in [2.24, 2.45) is 21.3 Å². The first-order chi connectivity index (χ1) is 10.8. The summed E-state index contributed by atoms with van der Waals surface area (Å²) in [5.74, 6) is -0.333. The van der Waals surface area contributed by atoms with E-state index in [0.717, 1.165) is 12.1 Å². The van der Waals surface area contributed by atoms with Crippen LogP contribution in [0.4, 0.5) is 5.69 Å². The van der Waals surface area contributed by atoms with Crippen molar-refractivity contribution in [1.82, 2.24) is 5.32 Å². The fourth-order valence-electron chi connectivity index (χ4n) is 4.32. The van der Waals surface area contributed by atoms with E-state index in [1.54, 1.807) is 7.05 Å². The fourth-order valence-corrected chi connectivity index (χ4v) is 4.32. The zero-order valence-corrected chi connectivity index (χ0v) is 14.1. The molecule has 1 aromatic rings. The van der Waals surface area contributed by atoms with Crippen molar-refractivity contribution in [2.45, 2.75) is 33.6 Å². The second-order valence-corrected chi connectivity index (χ2v) is 7.21. The molecule has 0 aliphatic heterocycles. The van der Waals surface area contributed by atoms with Crippen LogP contribution in [0.15, 0.2) is 35.4 Å². The standard InChI is InChI=1S/C18H23N3O2/c1-16(2)17(3)10-11-18(16,15(23)19-4)14(22)13(17)21-20-12-8-6-5-7-9-12/h5-9,20H,10-11H2,1-4H3,(H,19,23)/b21-13+. The zero-order chi connectivity index (χ0) is 16.9. The number of para-hydroxylation sites is 1. The average Bonchev–Trinajstić information content (AvgIpc) is 2.82. The first-order valence-corrected chi connectivity index (χ1v) is 7.97. The molecule has 2 bridgehead atoms. The van der Waals surface area contributed by atoms with Gasteiger partial charge in [-0.1, -0.05) is 39.0 Å². The SMILES string of the molecule is CNC(=O)C12CCC(C)(/C(=N/Nc3ccccc3)C1=O)C2(C)C. The Balaban J connectivity index is 2.04. The smallest absolute Gasteiger partial charge is 0.234 e. The minimum Gasteiger partial charge on any atom is -0.358 e. The van der Waals surface area contributed by atoms with Crippen molar-refractivity contribution in [3.8, 4) is 0 Å². The van der Waals surface area contributed by atoms with Crippen LogP contribution in [0.25, 0.3) is 0 Å². The number of fused-ring (bicyclic) bond motifs is 2. The number of amides is 1. The molecule has 1 amide bonds. The lowest BCUT2D eigenvalue weighted by molar-refractivity contribution is -0.143. The summed E-state index contributed by atoms with van der Waals surface area (Å²) in [5.41, 5.74) is 2.41. The Morgan fingerprint density at radius 2 is 1.78 bits per heavy atom. The predicted octanol–water partition coefficient (Wildman–Crippen LogP) is 2.60. The van der Waals surface area contributed by atoms with Crippen LogP contribution in [0.1, 0.15) is 33.6 Å². The number of ketones is 1. The summed E-state index contributed by atoms with van der Waals surface area (Å²) in [7, 11) is 1.59. The van der Waals surface area contributed by atoms with Crippen LogP contribution in [-0.4, -0.2) is 24.4 Å². The van der Waals surface area contributed by atoms with Crippen LogP contribution in [0.2, 0.25) is 0 Å². The van der Waals surface area contributed by atoms with E-state index in [0.29, 0.717) is 12.1 Å². The maximum Gasteiger partial charge on any atom is 0.234 e. The van der Waals surface area contributed by atoms with E-state index in [2.05, 4.69) is 15.8 Å². The number of carbonyl (C=O) groups is 2. The van der Waals surface area contributed by atoms with E-state index < -0.39 is 16.2 Å². The molecular formula is C18H23N3O2. The molecule has 0 radical (unpaired) electrons. The Bertz CT molecular complexity index is 695. The van der Waals surface area contributed by atoms with Crippen molar-refractivity contribution in [2.75, 3.05) is 12.5 Å². The Morgan fingerprint density at radius 1 is 1.13 bits per heavy atom. The number of hydrazone groups is 1. The van der Waals surface area contributed by atoms with E-state index in [1.807, 2.05) is 51.1 Å². The molecule has 5 heteroatoms. The van der Waals surface area contributed by atoms with Gasteiger partial charge in [-0.25, -0.2) is 0 Å². The van der Waals surface area contributed by atoms with Crippen LogP contribution in [0.3, 0.4) is 0 Å². The van der Waals surface area contributed by atoms with Gasteiger partial charge >= 0.3 is 0 Å². The molecule has 23 heavy (non-hydrogen) atoms. The zero-order valence-electron chi connectivity index (χ0n) is 14.1. The highest BCUT2D eigenvalue weighted by Gasteiger charge is 2.76. The van der Waals surface area contributed by atoms with E-state index >= 15 is 0 Å². The predicted molar refractivity (Wildman–Crippen MR) is 90.1 cm³/mol. The maximum atomic E-state index is 13.1. The summed E-state index contributed by atoms with van der Waals surface area (Å²) < 4.78 is 0. The van der Waals surface area contributed by atoms with Crippen LogP contribution in [-0.2, 0) is 9.59 Å². The van der Waals surface area contributed by atoms with Gasteiger partial charge in [0, 0.05) is 12.5 Å². The summed E-state index contributed by atoms with van der Waals surface area (Å²) in [4.78, 5) is 25.7. The normalized spacial score (nSPS) is 33.0. The molecule has 2 aliphatic rings. The average molecular weight is 313 g/mol. The molecule has 0 aromatic heterocycles. The molecule has 0 saturated heterocycles. The second-order valence-electron chi connectivity index (χ2n) is 7.21. The molecule has 2 saturated carbocycles. The number of anilines is 1. The highest BCUT2D eigenvalue weighted by molar-refractivity contribution is 6.50. The summed E-state index contributed by atoms with van der Waals surface area (Å²) in [5, 5.41) is 7.11. The number of hydrogen-bond donors (Lipinski definition) is 2. The van der Waals surface area contributed by atoms with Gasteiger partial charge in [-0.2, -0.15) is 5.10 Å². The van der Waals surface area contributed by atoms with Gasteiger partial charge in [-0.3, -0.25) is 15.0 Å². The van der Waals surface area contributed by atoms with Crippen molar-refractivity contribution in [3.05, 3.63) is 30.3 Å². The number of hydrogen-bond acceptors (Lipinski definition) is 4. The third-order valence-electron chi connectivity index (χ3n) is 6.26. The molecule has 122 valence electrons. The van der Waals surface area contributed by atoms with Gasteiger partial charge in [-0.05, 0) is 30.4 Å². The van der Waals surface area contributed by atoms with Gasteiger partial charge < -0.3 is 5.32 Å². The van der Waals surface area contributed by atoms with E-state index in [1.165, 1.54) is 0 Å². The van der Waals surface area contributed by atoms with E-state index in [-0.39, 0.29) is 11.7 Å². The number of Topliss-reactive ketones (excluding diaryl/α,β-unsaturated/α-hetero) is 1. The Kier molecular flexibility index (Phi) is 3.36. The molecule has 2 fully saturated rings. The number of benzene rings is 1. The van der Waals surface area contributed by atoms with Crippen molar-refractivity contribution < 1.29 is 9.59 Å². The molecule has 2 aliphatic carbocycles. The highest BCUT2D eigenvalue weighted by Crippen LogP contribution is 2.69. The number of nitrogens with zero attached hydrogens (tertiary/aromatic N) is 1. The van der Waals surface area contributed by atoms with E-state index in [4.69, 9.17) is 0 Å². The minimum atomic E-state index is -1.01. The fraction of sp³-hybridized carbons (Fsp3) is 0.500. The highest BCUT2D eigenvalue weighted by atomic mass is 16.2. The summed E-state index contributed by atoms with van der Waals surface area (Å²) in [6.45, 7) is 6.07. The van der Waals surface area contributed by atoms with Crippen LogP contribution < -0.4 is 10.7 Å². The topological polar surface area (TPSA) is 70.6 Å². The molecule has 2 unspecified atom stereocenters. The Hall–Kier alpha value is -2.17. The Labute approximate surface area is 136 Å². The molecule has 0 heterocycles. The lowest BCUT2D eigenvalue weighted by Crippen LogP contribution is -2.49. The summed E-state index contributed by atoms with van der Waals surface area (Å²) in [6.07, 6.45) is 1.37. The first kappa shape index (κ1) is 15.7. The van der Waals surface area contributed by atoms with Crippen molar-refractivity contribution in [1.29, 1.82) is 0 Å². The quantitative estimate of drug-likeness (QED) is 0.665. The monoisotopic (exact) mass is 313 g/mol. The molecule has 3 rings (SSSR count). The summed E-state index contributed by atoms with van der Waals surface area (Å²) >= 11 is 0.